The Morgan fingerprint density at radius 3 is 2.67 bits per heavy atom. The Morgan fingerprint density at radius 2 is 1.93 bits per heavy atom. The third-order valence-electron chi connectivity index (χ3n) is 6.67. The van der Waals surface area contributed by atoms with Crippen LogP contribution in [0.1, 0.15) is 45.0 Å². The number of hydrogen-bond donors (Lipinski definition) is 0. The predicted octanol–water partition coefficient (Wildman–Crippen LogP) is 3.63. The first-order valence-corrected chi connectivity index (χ1v) is 11.2. The van der Waals surface area contributed by atoms with Gasteiger partial charge in [-0.2, -0.15) is 0 Å². The average Bonchev–Trinajstić information content (AvgIpc) is 3.04. The van der Waals surface area contributed by atoms with Crippen molar-refractivity contribution in [2.45, 2.75) is 45.7 Å². The summed E-state index contributed by atoms with van der Waals surface area (Å²) in [6.45, 7) is 9.09. The molecule has 1 saturated heterocycles. The molecule has 0 radical (unpaired) electrons. The van der Waals surface area contributed by atoms with Gasteiger partial charge in [0.1, 0.15) is 5.82 Å². The Bertz CT molecular complexity index is 909. The van der Waals surface area contributed by atoms with Gasteiger partial charge in [0, 0.05) is 26.2 Å². The number of para-hydroxylation sites is 2. The standard InChI is InChI=1S/C24H34N4O2/c1-19(2)28-21-9-5-4-8-20(21)25-22(28)18-26-14-11-24(12-15-26)10-6-7-13-27(23(24)29)16-17-30-3/h4-9,19H,10-18H2,1-3H3. The third-order valence-corrected chi connectivity index (χ3v) is 6.67. The normalized spacial score (nSPS) is 19.9. The maximum atomic E-state index is 13.3. The molecule has 4 rings (SSSR count). The molecule has 1 aromatic carbocycles. The molecule has 2 aliphatic heterocycles. The van der Waals surface area contributed by atoms with E-state index in [4.69, 9.17) is 9.72 Å². The van der Waals surface area contributed by atoms with Gasteiger partial charge in [0.2, 0.25) is 5.91 Å². The summed E-state index contributed by atoms with van der Waals surface area (Å²) in [6, 6.07) is 8.75. The van der Waals surface area contributed by atoms with E-state index in [1.807, 2.05) is 4.90 Å². The number of rotatable bonds is 6. The summed E-state index contributed by atoms with van der Waals surface area (Å²) in [4.78, 5) is 22.7. The highest BCUT2D eigenvalue weighted by Crippen LogP contribution is 2.39. The van der Waals surface area contributed by atoms with Gasteiger partial charge in [-0.15, -0.1) is 0 Å². The molecule has 0 aliphatic carbocycles. The summed E-state index contributed by atoms with van der Waals surface area (Å²) < 4.78 is 7.57. The summed E-state index contributed by atoms with van der Waals surface area (Å²) in [5.74, 6) is 1.43. The molecule has 0 unspecified atom stereocenters. The number of piperidine rings is 1. The van der Waals surface area contributed by atoms with Gasteiger partial charge in [0.15, 0.2) is 0 Å². The second-order valence-corrected chi connectivity index (χ2v) is 8.96. The quantitative estimate of drug-likeness (QED) is 0.683. The molecular formula is C24H34N4O2. The van der Waals surface area contributed by atoms with E-state index in [0.29, 0.717) is 31.6 Å². The number of nitrogens with zero attached hydrogens (tertiary/aromatic N) is 4. The first-order chi connectivity index (χ1) is 14.5. The number of methoxy groups -OCH3 is 1. The van der Waals surface area contributed by atoms with Crippen LogP contribution in [0.4, 0.5) is 0 Å². The van der Waals surface area contributed by atoms with Gasteiger partial charge >= 0.3 is 0 Å². The first kappa shape index (κ1) is 21.1. The average molecular weight is 411 g/mol. The molecular weight excluding hydrogens is 376 g/mol. The maximum absolute atomic E-state index is 13.3. The van der Waals surface area contributed by atoms with Crippen molar-refractivity contribution in [1.29, 1.82) is 0 Å². The fourth-order valence-corrected chi connectivity index (χ4v) is 4.95. The molecule has 3 heterocycles. The number of amides is 1. The number of hydrogen-bond acceptors (Lipinski definition) is 4. The van der Waals surface area contributed by atoms with Crippen LogP contribution in [0, 0.1) is 5.41 Å². The summed E-state index contributed by atoms with van der Waals surface area (Å²) in [6.07, 6.45) is 7.01. The summed E-state index contributed by atoms with van der Waals surface area (Å²) in [5.41, 5.74) is 2.01. The van der Waals surface area contributed by atoms with Crippen LogP contribution in [0.25, 0.3) is 11.0 Å². The van der Waals surface area contributed by atoms with Crippen LogP contribution in [-0.2, 0) is 16.1 Å². The molecule has 6 heteroatoms. The third kappa shape index (κ3) is 4.03. The number of allylic oxidation sites excluding steroid dienone is 1. The number of carbonyl (C=O) groups is 1. The zero-order chi connectivity index (χ0) is 21.1. The van der Waals surface area contributed by atoms with E-state index < -0.39 is 0 Å². The second kappa shape index (κ2) is 8.90. The van der Waals surface area contributed by atoms with Crippen molar-refractivity contribution in [1.82, 2.24) is 19.4 Å². The van der Waals surface area contributed by atoms with Crippen LogP contribution in [0.3, 0.4) is 0 Å². The Hall–Kier alpha value is -2.18. The maximum Gasteiger partial charge on any atom is 0.229 e. The minimum Gasteiger partial charge on any atom is -0.383 e. The van der Waals surface area contributed by atoms with Gasteiger partial charge < -0.3 is 14.2 Å². The van der Waals surface area contributed by atoms with Gasteiger partial charge in [-0.1, -0.05) is 24.3 Å². The largest absolute Gasteiger partial charge is 0.383 e. The molecule has 6 nitrogen and oxygen atoms in total. The SMILES string of the molecule is COCCN1CC=CCC2(CCN(Cc3nc4ccccc4n3C(C)C)CC2)C1=O. The smallest absolute Gasteiger partial charge is 0.229 e. The monoisotopic (exact) mass is 410 g/mol. The molecule has 1 amide bonds. The zero-order valence-electron chi connectivity index (χ0n) is 18.5. The minimum absolute atomic E-state index is 0.255. The number of ether oxygens (including phenoxy) is 1. The highest BCUT2D eigenvalue weighted by Gasteiger charge is 2.43. The fourth-order valence-electron chi connectivity index (χ4n) is 4.95. The molecule has 0 saturated carbocycles. The van der Waals surface area contributed by atoms with Gasteiger partial charge in [0.05, 0.1) is 29.6 Å². The lowest BCUT2D eigenvalue weighted by Gasteiger charge is -2.41. The topological polar surface area (TPSA) is 50.6 Å². The van der Waals surface area contributed by atoms with Crippen molar-refractivity contribution in [3.8, 4) is 0 Å². The molecule has 1 spiro atoms. The van der Waals surface area contributed by atoms with Crippen molar-refractivity contribution in [3.05, 3.63) is 42.2 Å². The second-order valence-electron chi connectivity index (χ2n) is 8.96. The zero-order valence-corrected chi connectivity index (χ0v) is 18.5. The Morgan fingerprint density at radius 1 is 1.17 bits per heavy atom. The van der Waals surface area contributed by atoms with E-state index in [2.05, 4.69) is 59.7 Å². The van der Waals surface area contributed by atoms with Crippen molar-refractivity contribution >= 4 is 16.9 Å². The molecule has 0 bridgehead atoms. The Labute approximate surface area is 179 Å². The number of likely N-dealkylation sites (tertiary alicyclic amines) is 1. The summed E-state index contributed by atoms with van der Waals surface area (Å²) >= 11 is 0. The molecule has 162 valence electrons. The van der Waals surface area contributed by atoms with Crippen LogP contribution in [-0.4, -0.2) is 65.2 Å². The van der Waals surface area contributed by atoms with Crippen molar-refractivity contribution in [3.63, 3.8) is 0 Å². The molecule has 0 atom stereocenters. The lowest BCUT2D eigenvalue weighted by molar-refractivity contribution is -0.144. The minimum atomic E-state index is -0.255. The summed E-state index contributed by atoms with van der Waals surface area (Å²) in [7, 11) is 1.69. The highest BCUT2D eigenvalue weighted by molar-refractivity contribution is 5.83. The van der Waals surface area contributed by atoms with Crippen LogP contribution in [0.15, 0.2) is 36.4 Å². The highest BCUT2D eigenvalue weighted by atomic mass is 16.5. The van der Waals surface area contributed by atoms with Crippen molar-refractivity contribution in [2.75, 3.05) is 39.9 Å². The molecule has 30 heavy (non-hydrogen) atoms. The number of imidazole rings is 1. The van der Waals surface area contributed by atoms with Crippen LogP contribution < -0.4 is 0 Å². The first-order valence-electron chi connectivity index (χ1n) is 11.2. The predicted molar refractivity (Wildman–Crippen MR) is 119 cm³/mol. The lowest BCUT2D eigenvalue weighted by Crippen LogP contribution is -2.50. The van der Waals surface area contributed by atoms with Crippen LogP contribution in [0.5, 0.6) is 0 Å². The van der Waals surface area contributed by atoms with Gasteiger partial charge in [-0.25, -0.2) is 4.98 Å². The van der Waals surface area contributed by atoms with Crippen LogP contribution in [0.2, 0.25) is 0 Å². The fraction of sp³-hybridized carbons (Fsp3) is 0.583. The Kier molecular flexibility index (Phi) is 6.25. The van der Waals surface area contributed by atoms with E-state index in [0.717, 1.165) is 50.2 Å². The van der Waals surface area contributed by atoms with E-state index in [1.165, 1.54) is 5.52 Å². The van der Waals surface area contributed by atoms with Gasteiger partial charge in [-0.05, 0) is 58.3 Å². The number of benzene rings is 1. The van der Waals surface area contributed by atoms with Crippen LogP contribution >= 0.6 is 0 Å². The van der Waals surface area contributed by atoms with Crippen molar-refractivity contribution in [2.24, 2.45) is 5.41 Å². The molecule has 1 fully saturated rings. The lowest BCUT2D eigenvalue weighted by atomic mass is 9.74. The molecule has 2 aromatic rings. The van der Waals surface area contributed by atoms with Crippen molar-refractivity contribution < 1.29 is 9.53 Å². The molecule has 0 N–H and O–H groups in total. The van der Waals surface area contributed by atoms with E-state index in [-0.39, 0.29) is 5.41 Å². The number of carbonyl (C=O) groups excluding carboxylic acids is 1. The van der Waals surface area contributed by atoms with Gasteiger partial charge in [-0.3, -0.25) is 9.69 Å². The number of fused-ring (bicyclic) bond motifs is 1. The molecule has 2 aliphatic rings. The Balaban J connectivity index is 1.47. The van der Waals surface area contributed by atoms with Gasteiger partial charge in [0.25, 0.3) is 0 Å². The number of aromatic nitrogens is 2. The van der Waals surface area contributed by atoms with E-state index in [1.54, 1.807) is 7.11 Å². The van der Waals surface area contributed by atoms with E-state index >= 15 is 0 Å². The summed E-state index contributed by atoms with van der Waals surface area (Å²) in [5, 5.41) is 0. The van der Waals surface area contributed by atoms with E-state index in [9.17, 15) is 4.79 Å². The molecule has 1 aromatic heterocycles.